The Morgan fingerprint density at radius 2 is 2.06 bits per heavy atom. The Morgan fingerprint density at radius 3 is 2.80 bits per heavy atom. The summed E-state index contributed by atoms with van der Waals surface area (Å²) < 4.78 is 0. The van der Waals surface area contributed by atoms with E-state index >= 15 is 0 Å². The Kier molecular flexibility index (Phi) is 8.92. The minimum atomic E-state index is -0.220. The number of carbonyl (C=O) groups is 1. The molecule has 0 aliphatic carbocycles. The molecule has 2 N–H and O–H groups in total. The topological polar surface area (TPSA) is 103 Å². The van der Waals surface area contributed by atoms with E-state index in [2.05, 4.69) is 45.4 Å². The number of likely N-dealkylation sites (N-methyl/N-ethyl adjacent to an activating group) is 1. The lowest BCUT2D eigenvalue weighted by Gasteiger charge is -2.32. The molecule has 0 radical (unpaired) electrons. The molecule has 1 aliphatic rings. The van der Waals surface area contributed by atoms with Crippen molar-refractivity contribution in [2.24, 2.45) is 15.8 Å². The molecule has 2 aromatic rings. The number of aliphatic imine (C=N–C) groups is 1. The first-order valence-electron chi connectivity index (χ1n) is 11.8. The number of hydrazone groups is 1. The van der Waals surface area contributed by atoms with Crippen LogP contribution in [0.3, 0.4) is 0 Å². The van der Waals surface area contributed by atoms with Crippen molar-refractivity contribution in [2.75, 3.05) is 26.7 Å². The summed E-state index contributed by atoms with van der Waals surface area (Å²) in [4.78, 5) is 31.1. The lowest BCUT2D eigenvalue weighted by atomic mass is 10.2. The van der Waals surface area contributed by atoms with Crippen molar-refractivity contribution in [1.82, 2.24) is 24.8 Å². The van der Waals surface area contributed by atoms with Crippen LogP contribution in [0.4, 0.5) is 0 Å². The van der Waals surface area contributed by atoms with E-state index in [1.165, 1.54) is 11.2 Å². The van der Waals surface area contributed by atoms with Crippen LogP contribution >= 0.6 is 0 Å². The third-order valence-corrected chi connectivity index (χ3v) is 5.57. The van der Waals surface area contributed by atoms with Gasteiger partial charge in [-0.25, -0.2) is 20.0 Å². The predicted molar refractivity (Wildman–Crippen MR) is 140 cm³/mol. The first kappa shape index (κ1) is 25.8. The maximum atomic E-state index is 13.4. The van der Waals surface area contributed by atoms with E-state index in [1.807, 2.05) is 48.0 Å². The van der Waals surface area contributed by atoms with Crippen LogP contribution in [0.2, 0.25) is 0 Å². The van der Waals surface area contributed by atoms with E-state index in [0.29, 0.717) is 30.6 Å². The zero-order valence-electron chi connectivity index (χ0n) is 21.0. The van der Waals surface area contributed by atoms with Gasteiger partial charge in [0.05, 0.1) is 24.0 Å². The molecular formula is C26H34N8O. The number of hydrogen-bond donors (Lipinski definition) is 1. The maximum absolute atomic E-state index is 13.4. The SMILES string of the molecule is C=C1/C=N\N(Cc2nc(C)c3ccccc3n2)C(=O)CN(CC#CC)C(N(C)CC(N)CCC)=N1. The highest BCUT2D eigenvalue weighted by Crippen LogP contribution is 2.16. The second-order valence-corrected chi connectivity index (χ2v) is 8.55. The molecule has 9 heteroatoms. The molecular weight excluding hydrogens is 440 g/mol. The number of guanidine groups is 1. The monoisotopic (exact) mass is 474 g/mol. The van der Waals surface area contributed by atoms with Gasteiger partial charge in [0.1, 0.15) is 13.1 Å². The highest BCUT2D eigenvalue weighted by molar-refractivity contribution is 5.92. The lowest BCUT2D eigenvalue weighted by Crippen LogP contribution is -2.49. The molecule has 1 aromatic carbocycles. The standard InChI is InChI=1S/C26H34N8O/c1-6-8-14-33-18-25(35)34(17-24-30-20(4)22-12-9-10-13-23(22)31-24)28-15-19(3)29-26(33)32(5)16-21(27)11-7-2/h9-10,12-13,15,21H,3,7,11,14,16-18,27H2,1-2,4-5H3/b28-15-,29-26?. The molecule has 0 bridgehead atoms. The van der Waals surface area contributed by atoms with Gasteiger partial charge in [-0.05, 0) is 26.3 Å². The molecule has 1 atom stereocenters. The number of hydrogen-bond acceptors (Lipinski definition) is 8. The van der Waals surface area contributed by atoms with Gasteiger partial charge in [0, 0.05) is 30.7 Å². The number of nitrogens with zero attached hydrogens (tertiary/aromatic N) is 7. The minimum absolute atomic E-state index is 0.0122. The van der Waals surface area contributed by atoms with E-state index in [4.69, 9.17) is 5.73 Å². The van der Waals surface area contributed by atoms with Crippen LogP contribution in [0, 0.1) is 18.8 Å². The van der Waals surface area contributed by atoms with Crippen molar-refractivity contribution >= 4 is 29.0 Å². The highest BCUT2D eigenvalue weighted by Gasteiger charge is 2.25. The third-order valence-electron chi connectivity index (χ3n) is 5.57. The van der Waals surface area contributed by atoms with E-state index < -0.39 is 0 Å². The Balaban J connectivity index is 1.88. The summed E-state index contributed by atoms with van der Waals surface area (Å²) in [5.74, 6) is 6.83. The quantitative estimate of drug-likeness (QED) is 0.619. The number of aryl methyl sites for hydroxylation is 1. The fraction of sp³-hybridized carbons (Fsp3) is 0.423. The van der Waals surface area contributed by atoms with Crippen molar-refractivity contribution in [1.29, 1.82) is 0 Å². The van der Waals surface area contributed by atoms with Gasteiger partial charge in [-0.3, -0.25) is 4.79 Å². The van der Waals surface area contributed by atoms with Gasteiger partial charge in [0.2, 0.25) is 5.96 Å². The Labute approximate surface area is 207 Å². The van der Waals surface area contributed by atoms with E-state index in [1.54, 1.807) is 6.92 Å². The van der Waals surface area contributed by atoms with Crippen LogP contribution in [-0.4, -0.2) is 75.6 Å². The van der Waals surface area contributed by atoms with Crippen molar-refractivity contribution in [3.8, 4) is 11.8 Å². The van der Waals surface area contributed by atoms with Gasteiger partial charge in [-0.15, -0.1) is 5.92 Å². The number of rotatable bonds is 7. The fourth-order valence-electron chi connectivity index (χ4n) is 3.90. The Morgan fingerprint density at radius 1 is 1.29 bits per heavy atom. The van der Waals surface area contributed by atoms with Crippen molar-refractivity contribution in [3.63, 3.8) is 0 Å². The number of benzene rings is 1. The van der Waals surface area contributed by atoms with Crippen LogP contribution in [-0.2, 0) is 11.3 Å². The van der Waals surface area contributed by atoms with Crippen molar-refractivity contribution < 1.29 is 4.79 Å². The lowest BCUT2D eigenvalue weighted by molar-refractivity contribution is -0.132. The number of fused-ring (bicyclic) bond motifs is 1. The molecule has 0 fully saturated rings. The van der Waals surface area contributed by atoms with E-state index in [9.17, 15) is 4.79 Å². The second kappa shape index (κ2) is 12.1. The normalized spacial score (nSPS) is 16.1. The third kappa shape index (κ3) is 6.87. The first-order chi connectivity index (χ1) is 16.8. The van der Waals surface area contributed by atoms with Crippen molar-refractivity contribution in [2.45, 2.75) is 46.2 Å². The average molecular weight is 475 g/mol. The smallest absolute Gasteiger partial charge is 0.262 e. The summed E-state index contributed by atoms with van der Waals surface area (Å²) in [7, 11) is 1.91. The molecule has 35 heavy (non-hydrogen) atoms. The molecule has 2 heterocycles. The summed E-state index contributed by atoms with van der Waals surface area (Å²) >= 11 is 0. The number of allylic oxidation sites excluding steroid dienone is 1. The molecule has 0 saturated heterocycles. The van der Waals surface area contributed by atoms with Crippen LogP contribution in [0.15, 0.2) is 46.6 Å². The Bertz CT molecular complexity index is 1190. The Hall–Kier alpha value is -3.77. The zero-order chi connectivity index (χ0) is 25.4. The van der Waals surface area contributed by atoms with Crippen LogP contribution in [0.5, 0.6) is 0 Å². The van der Waals surface area contributed by atoms with Crippen LogP contribution < -0.4 is 5.73 Å². The summed E-state index contributed by atoms with van der Waals surface area (Å²) in [6.07, 6.45) is 3.38. The highest BCUT2D eigenvalue weighted by atomic mass is 16.2. The van der Waals surface area contributed by atoms with E-state index in [0.717, 1.165) is 29.4 Å². The number of para-hydroxylation sites is 1. The zero-order valence-corrected chi connectivity index (χ0v) is 21.0. The molecule has 1 aliphatic heterocycles. The molecule has 0 saturated carbocycles. The molecule has 1 amide bonds. The summed E-state index contributed by atoms with van der Waals surface area (Å²) in [5.41, 5.74) is 8.38. The summed E-state index contributed by atoms with van der Waals surface area (Å²) in [6, 6.07) is 7.79. The summed E-state index contributed by atoms with van der Waals surface area (Å²) in [5, 5.41) is 6.72. The number of amides is 1. The van der Waals surface area contributed by atoms with Gasteiger partial charge in [0.15, 0.2) is 5.82 Å². The van der Waals surface area contributed by atoms with Crippen LogP contribution in [0.1, 0.15) is 38.2 Å². The van der Waals surface area contributed by atoms with Gasteiger partial charge in [0.25, 0.3) is 5.91 Å². The second-order valence-electron chi connectivity index (χ2n) is 8.55. The van der Waals surface area contributed by atoms with Gasteiger partial charge in [-0.1, -0.05) is 44.0 Å². The molecule has 0 spiro atoms. The first-order valence-corrected chi connectivity index (χ1v) is 11.8. The largest absolute Gasteiger partial charge is 0.344 e. The molecule has 9 nitrogen and oxygen atoms in total. The van der Waals surface area contributed by atoms with Gasteiger partial charge in [-0.2, -0.15) is 5.10 Å². The van der Waals surface area contributed by atoms with Gasteiger partial charge >= 0.3 is 0 Å². The molecule has 1 aromatic heterocycles. The molecule has 3 rings (SSSR count). The number of carbonyl (C=O) groups excluding carboxylic acids is 1. The maximum Gasteiger partial charge on any atom is 0.262 e. The summed E-state index contributed by atoms with van der Waals surface area (Å²) in [6.45, 7) is 10.9. The molecule has 184 valence electrons. The molecule has 1 unspecified atom stereocenters. The van der Waals surface area contributed by atoms with Gasteiger partial charge < -0.3 is 15.5 Å². The number of aromatic nitrogens is 2. The minimum Gasteiger partial charge on any atom is -0.344 e. The fourth-order valence-corrected chi connectivity index (χ4v) is 3.90. The van der Waals surface area contributed by atoms with Crippen LogP contribution in [0.25, 0.3) is 10.9 Å². The van der Waals surface area contributed by atoms with Crippen molar-refractivity contribution in [3.05, 3.63) is 48.1 Å². The average Bonchev–Trinajstić information content (AvgIpc) is 2.87. The predicted octanol–water partition coefficient (Wildman–Crippen LogP) is 2.52. The number of nitrogens with two attached hydrogens (primary N) is 1. The van der Waals surface area contributed by atoms with E-state index in [-0.39, 0.29) is 25.0 Å².